The molecule has 1 unspecified atom stereocenters. The van der Waals surface area contributed by atoms with Gasteiger partial charge in [0, 0.05) is 24.7 Å². The molecule has 4 N–H and O–H groups in total. The van der Waals surface area contributed by atoms with Crippen LogP contribution in [-0.4, -0.2) is 64.1 Å². The van der Waals surface area contributed by atoms with Crippen molar-refractivity contribution in [1.29, 1.82) is 0 Å². The second kappa shape index (κ2) is 10.8. The summed E-state index contributed by atoms with van der Waals surface area (Å²) in [6.45, 7) is -0.198. The van der Waals surface area contributed by atoms with Crippen LogP contribution >= 0.6 is 0 Å². The van der Waals surface area contributed by atoms with Crippen molar-refractivity contribution < 1.29 is 39.0 Å². The largest absolute Gasteiger partial charge is 0.465 e. The Morgan fingerprint density at radius 1 is 1.15 bits per heavy atom. The fourth-order valence-corrected chi connectivity index (χ4v) is 2.22. The Morgan fingerprint density at radius 3 is 2.38 bits per heavy atom. The molecule has 26 heavy (non-hydrogen) atoms. The maximum Gasteiger partial charge on any atom is 0.404 e. The molecule has 0 fully saturated rings. The number of carbonyl (C=O) groups excluding carboxylic acids is 4. The highest BCUT2D eigenvalue weighted by molar-refractivity contribution is 6.12. The third-order valence-corrected chi connectivity index (χ3v) is 3.44. The van der Waals surface area contributed by atoms with E-state index in [1.807, 2.05) is 5.48 Å². The minimum absolute atomic E-state index is 0.201. The van der Waals surface area contributed by atoms with Gasteiger partial charge in [-0.05, 0) is 19.3 Å². The first kappa shape index (κ1) is 21.1. The van der Waals surface area contributed by atoms with E-state index in [1.54, 1.807) is 0 Å². The van der Waals surface area contributed by atoms with Crippen molar-refractivity contribution in [2.24, 2.45) is 0 Å². The first-order chi connectivity index (χ1) is 12.3. The third-order valence-electron chi connectivity index (χ3n) is 3.44. The van der Waals surface area contributed by atoms with Crippen LogP contribution in [-0.2, 0) is 24.0 Å². The number of amides is 4. The Bertz CT molecular complexity index is 571. The van der Waals surface area contributed by atoms with Crippen LogP contribution in [0.5, 0.6) is 0 Å². The van der Waals surface area contributed by atoms with Crippen molar-refractivity contribution >= 4 is 29.8 Å². The summed E-state index contributed by atoms with van der Waals surface area (Å²) in [5.41, 5.74) is 1.84. The lowest BCUT2D eigenvalue weighted by Crippen LogP contribution is -2.37. The Hall–Kier alpha value is -2.95. The zero-order valence-corrected chi connectivity index (χ0v) is 14.0. The first-order valence-corrected chi connectivity index (χ1v) is 7.96. The highest BCUT2D eigenvalue weighted by atomic mass is 16.7. The number of rotatable bonds is 10. The Morgan fingerprint density at radius 2 is 1.81 bits per heavy atom. The molecule has 0 aromatic carbocycles. The second-order valence-corrected chi connectivity index (χ2v) is 5.48. The number of hydroxylamine groups is 1. The number of aliphatic hydroxyl groups excluding tert-OH is 1. The van der Waals surface area contributed by atoms with Gasteiger partial charge in [-0.3, -0.25) is 19.3 Å². The molecule has 1 atom stereocenters. The number of nitrogens with one attached hydrogen (secondary N) is 2. The van der Waals surface area contributed by atoms with Crippen molar-refractivity contribution in [3.63, 3.8) is 0 Å². The third kappa shape index (κ3) is 7.75. The van der Waals surface area contributed by atoms with E-state index in [0.29, 0.717) is 12.8 Å². The number of carboxylic acid groups (broad SMARTS) is 1. The minimum atomic E-state index is -1.32. The zero-order chi connectivity index (χ0) is 19.5. The lowest BCUT2D eigenvalue weighted by Gasteiger charge is -2.17. The summed E-state index contributed by atoms with van der Waals surface area (Å²) in [6, 6.07) is -0.752. The van der Waals surface area contributed by atoms with Gasteiger partial charge >= 0.3 is 12.1 Å². The Balaban J connectivity index is 2.35. The van der Waals surface area contributed by atoms with Crippen LogP contribution in [0.15, 0.2) is 12.2 Å². The quantitative estimate of drug-likeness (QED) is 0.217. The van der Waals surface area contributed by atoms with Crippen molar-refractivity contribution in [1.82, 2.24) is 15.7 Å². The highest BCUT2D eigenvalue weighted by Gasteiger charge is 2.23. The molecule has 0 spiro atoms. The van der Waals surface area contributed by atoms with E-state index >= 15 is 0 Å². The summed E-state index contributed by atoms with van der Waals surface area (Å²) in [4.78, 5) is 61.9. The van der Waals surface area contributed by atoms with E-state index in [0.717, 1.165) is 4.90 Å². The molecule has 0 saturated heterocycles. The molecule has 0 aliphatic carbocycles. The van der Waals surface area contributed by atoms with Crippen molar-refractivity contribution in [2.75, 3.05) is 13.2 Å². The monoisotopic (exact) mass is 371 g/mol. The summed E-state index contributed by atoms with van der Waals surface area (Å²) in [5, 5.41) is 19.5. The molecule has 0 saturated carbocycles. The molecule has 0 aromatic rings. The van der Waals surface area contributed by atoms with Gasteiger partial charge in [0.15, 0.2) is 0 Å². The SMILES string of the molecule is O=C(O)NC(CCCCN1C(=O)C=CC1=O)CC(=O)ONC(=O)CCO. The van der Waals surface area contributed by atoms with Crippen LogP contribution < -0.4 is 10.8 Å². The molecule has 11 heteroatoms. The summed E-state index contributed by atoms with van der Waals surface area (Å²) in [7, 11) is 0. The lowest BCUT2D eigenvalue weighted by molar-refractivity contribution is -0.159. The molecule has 1 aliphatic heterocycles. The number of nitrogens with zero attached hydrogens (tertiary/aromatic N) is 1. The zero-order valence-electron chi connectivity index (χ0n) is 14.0. The number of hydrogen-bond acceptors (Lipinski definition) is 7. The number of aliphatic hydroxyl groups is 1. The first-order valence-electron chi connectivity index (χ1n) is 7.96. The van der Waals surface area contributed by atoms with Crippen LogP contribution in [0.25, 0.3) is 0 Å². The van der Waals surface area contributed by atoms with Gasteiger partial charge in [-0.25, -0.2) is 9.59 Å². The van der Waals surface area contributed by atoms with Crippen LogP contribution in [0.1, 0.15) is 32.1 Å². The van der Waals surface area contributed by atoms with Gasteiger partial charge in [-0.1, -0.05) is 0 Å². The molecular formula is C15H21N3O8. The van der Waals surface area contributed by atoms with E-state index < -0.39 is 42.4 Å². The predicted molar refractivity (Wildman–Crippen MR) is 85.2 cm³/mol. The van der Waals surface area contributed by atoms with Crippen molar-refractivity contribution in [2.45, 2.75) is 38.1 Å². The standard InChI is InChI=1S/C15H21N3O8/c19-8-6-11(20)17-26-14(23)9-10(16-15(24)25)3-1-2-7-18-12(21)4-5-13(18)22/h4-5,10,16,19H,1-3,6-9H2,(H,17,20)(H,24,25). The normalized spacial score (nSPS) is 14.3. The average Bonchev–Trinajstić information content (AvgIpc) is 2.88. The van der Waals surface area contributed by atoms with Crippen molar-refractivity contribution in [3.05, 3.63) is 12.2 Å². The molecular weight excluding hydrogens is 350 g/mol. The molecule has 0 radical (unpaired) electrons. The van der Waals surface area contributed by atoms with Gasteiger partial charge in [0.2, 0.25) is 0 Å². The second-order valence-electron chi connectivity index (χ2n) is 5.48. The molecule has 1 rings (SSSR count). The van der Waals surface area contributed by atoms with Crippen LogP contribution in [0.2, 0.25) is 0 Å². The number of carbonyl (C=O) groups is 5. The van der Waals surface area contributed by atoms with E-state index in [9.17, 15) is 24.0 Å². The topological polar surface area (TPSA) is 162 Å². The molecule has 1 aliphatic rings. The van der Waals surface area contributed by atoms with Crippen LogP contribution in [0, 0.1) is 0 Å². The van der Waals surface area contributed by atoms with Gasteiger partial charge in [-0.2, -0.15) is 5.48 Å². The van der Waals surface area contributed by atoms with E-state index in [2.05, 4.69) is 10.2 Å². The van der Waals surface area contributed by atoms with E-state index in [-0.39, 0.29) is 25.8 Å². The van der Waals surface area contributed by atoms with Crippen LogP contribution in [0.4, 0.5) is 4.79 Å². The maximum atomic E-state index is 11.6. The Kier molecular flexibility index (Phi) is 8.78. The predicted octanol–water partition coefficient (Wildman–Crippen LogP) is -0.935. The maximum absolute atomic E-state index is 11.6. The fraction of sp³-hybridized carbons (Fsp3) is 0.533. The van der Waals surface area contributed by atoms with E-state index in [4.69, 9.17) is 10.2 Å². The summed E-state index contributed by atoms with van der Waals surface area (Å²) in [5.74, 6) is -2.31. The molecule has 144 valence electrons. The molecule has 4 amide bonds. The minimum Gasteiger partial charge on any atom is -0.465 e. The van der Waals surface area contributed by atoms with Gasteiger partial charge in [0.25, 0.3) is 17.7 Å². The lowest BCUT2D eigenvalue weighted by atomic mass is 10.1. The molecule has 0 bridgehead atoms. The number of hydrogen-bond donors (Lipinski definition) is 4. The fourth-order valence-electron chi connectivity index (χ4n) is 2.22. The van der Waals surface area contributed by atoms with Gasteiger partial charge in [0.1, 0.15) is 0 Å². The molecule has 1 heterocycles. The summed E-state index contributed by atoms with van der Waals surface area (Å²) >= 11 is 0. The smallest absolute Gasteiger partial charge is 0.404 e. The highest BCUT2D eigenvalue weighted by Crippen LogP contribution is 2.10. The number of imide groups is 1. The van der Waals surface area contributed by atoms with Crippen molar-refractivity contribution in [3.8, 4) is 0 Å². The van der Waals surface area contributed by atoms with Gasteiger partial charge in [-0.15, -0.1) is 0 Å². The Labute approximate surface area is 148 Å². The van der Waals surface area contributed by atoms with E-state index in [1.165, 1.54) is 12.2 Å². The summed E-state index contributed by atoms with van der Waals surface area (Å²) < 4.78 is 0. The number of unbranched alkanes of at least 4 members (excludes halogenated alkanes) is 1. The van der Waals surface area contributed by atoms with Gasteiger partial charge < -0.3 is 20.4 Å². The molecule has 11 nitrogen and oxygen atoms in total. The van der Waals surface area contributed by atoms with Gasteiger partial charge in [0.05, 0.1) is 19.4 Å². The average molecular weight is 371 g/mol. The molecule has 0 aromatic heterocycles. The summed E-state index contributed by atoms with van der Waals surface area (Å²) in [6.07, 6.45) is 1.67. The van der Waals surface area contributed by atoms with Crippen LogP contribution in [0.3, 0.4) is 0 Å².